The molecule has 0 radical (unpaired) electrons. The van der Waals surface area contributed by atoms with E-state index >= 15 is 0 Å². The number of nitrogens with zero attached hydrogens (tertiary/aromatic N) is 1. The Morgan fingerprint density at radius 3 is 2.58 bits per heavy atom. The largest absolute Gasteiger partial charge is 0.385 e. The number of rotatable bonds is 8. The van der Waals surface area contributed by atoms with Crippen LogP contribution in [0.5, 0.6) is 0 Å². The lowest BCUT2D eigenvalue weighted by molar-refractivity contribution is -0.115. The zero-order valence-electron chi connectivity index (χ0n) is 14.0. The van der Waals surface area contributed by atoms with Gasteiger partial charge in [-0.3, -0.25) is 9.59 Å². The number of carbonyl (C=O) groups is 2. The quantitative estimate of drug-likeness (QED) is 0.685. The summed E-state index contributed by atoms with van der Waals surface area (Å²) in [6.07, 6.45) is 0.863. The number of carbonyl (C=O) groups excluding carboxylic acids is 2. The summed E-state index contributed by atoms with van der Waals surface area (Å²) in [5.74, 6) is -0.115. The average molecular weight is 335 g/mol. The molecule has 0 aromatic heterocycles. The summed E-state index contributed by atoms with van der Waals surface area (Å²) in [6.45, 7) is 4.05. The third kappa shape index (κ3) is 5.92. The van der Waals surface area contributed by atoms with Gasteiger partial charge in [-0.05, 0) is 37.2 Å². The molecule has 1 aliphatic heterocycles. The van der Waals surface area contributed by atoms with E-state index in [2.05, 4.69) is 10.6 Å². The minimum atomic E-state index is -0.111. The van der Waals surface area contributed by atoms with Gasteiger partial charge >= 0.3 is 0 Å². The molecule has 2 N–H and O–H groups in total. The van der Waals surface area contributed by atoms with Crippen molar-refractivity contribution in [3.63, 3.8) is 0 Å². The van der Waals surface area contributed by atoms with E-state index in [4.69, 9.17) is 9.47 Å². The first-order chi connectivity index (χ1) is 11.7. The summed E-state index contributed by atoms with van der Waals surface area (Å²) in [5.41, 5.74) is 1.30. The van der Waals surface area contributed by atoms with Gasteiger partial charge in [0.1, 0.15) is 0 Å². The fourth-order valence-corrected chi connectivity index (χ4v) is 2.39. The van der Waals surface area contributed by atoms with E-state index in [-0.39, 0.29) is 18.4 Å². The molecule has 1 aromatic carbocycles. The Hall–Kier alpha value is -1.96. The van der Waals surface area contributed by atoms with Gasteiger partial charge < -0.3 is 25.0 Å². The number of nitrogens with one attached hydrogen (secondary N) is 2. The van der Waals surface area contributed by atoms with Crippen LogP contribution >= 0.6 is 0 Å². The predicted molar refractivity (Wildman–Crippen MR) is 91.2 cm³/mol. The molecule has 0 atom stereocenters. The second-order valence-electron chi connectivity index (χ2n) is 5.55. The number of hydrogen-bond donors (Lipinski definition) is 2. The molecular formula is C17H25N3O4. The van der Waals surface area contributed by atoms with Gasteiger partial charge in [0.05, 0.1) is 19.8 Å². The monoisotopic (exact) mass is 335 g/mol. The molecule has 1 fully saturated rings. The molecule has 1 heterocycles. The number of morpholine rings is 1. The van der Waals surface area contributed by atoms with Crippen LogP contribution in [0.1, 0.15) is 16.8 Å². The van der Waals surface area contributed by atoms with Crippen LogP contribution in [0.4, 0.5) is 5.69 Å². The SMILES string of the molecule is COCCCNCC(=O)Nc1ccc(C(=O)N2CCOCC2)cc1. The van der Waals surface area contributed by atoms with Crippen molar-refractivity contribution in [1.29, 1.82) is 0 Å². The number of methoxy groups -OCH3 is 1. The van der Waals surface area contributed by atoms with Crippen molar-refractivity contribution in [1.82, 2.24) is 10.2 Å². The van der Waals surface area contributed by atoms with Gasteiger partial charge in [-0.25, -0.2) is 0 Å². The van der Waals surface area contributed by atoms with Crippen LogP contribution < -0.4 is 10.6 Å². The van der Waals surface area contributed by atoms with Crippen molar-refractivity contribution in [2.24, 2.45) is 0 Å². The Kier molecular flexibility index (Phi) is 7.67. The van der Waals surface area contributed by atoms with E-state index in [1.54, 1.807) is 36.3 Å². The van der Waals surface area contributed by atoms with Crippen molar-refractivity contribution >= 4 is 17.5 Å². The highest BCUT2D eigenvalue weighted by molar-refractivity contribution is 5.96. The van der Waals surface area contributed by atoms with Crippen LogP contribution in [0, 0.1) is 0 Å². The molecule has 132 valence electrons. The fourth-order valence-electron chi connectivity index (χ4n) is 2.39. The zero-order chi connectivity index (χ0) is 17.2. The van der Waals surface area contributed by atoms with Crippen LogP contribution in [-0.2, 0) is 14.3 Å². The smallest absolute Gasteiger partial charge is 0.254 e. The molecule has 0 unspecified atom stereocenters. The first-order valence-electron chi connectivity index (χ1n) is 8.17. The number of ether oxygens (including phenoxy) is 2. The van der Waals surface area contributed by atoms with E-state index in [1.807, 2.05) is 0 Å². The standard InChI is InChI=1S/C17H25N3O4/c1-23-10-2-7-18-13-16(21)19-15-5-3-14(4-6-15)17(22)20-8-11-24-12-9-20/h3-6,18H,2,7-13H2,1H3,(H,19,21). The fraction of sp³-hybridized carbons (Fsp3) is 0.529. The zero-order valence-corrected chi connectivity index (χ0v) is 14.0. The third-order valence-corrected chi connectivity index (χ3v) is 3.70. The Balaban J connectivity index is 1.76. The van der Waals surface area contributed by atoms with Crippen LogP contribution in [0.2, 0.25) is 0 Å². The van der Waals surface area contributed by atoms with Crippen LogP contribution in [0.25, 0.3) is 0 Å². The van der Waals surface area contributed by atoms with Gasteiger partial charge in [-0.15, -0.1) is 0 Å². The van der Waals surface area contributed by atoms with Gasteiger partial charge in [0.15, 0.2) is 0 Å². The first-order valence-corrected chi connectivity index (χ1v) is 8.17. The maximum absolute atomic E-state index is 12.3. The normalized spacial score (nSPS) is 14.5. The van der Waals surface area contributed by atoms with E-state index in [0.29, 0.717) is 44.2 Å². The summed E-state index contributed by atoms with van der Waals surface area (Å²) in [7, 11) is 1.65. The van der Waals surface area contributed by atoms with Gasteiger partial charge in [0, 0.05) is 38.1 Å². The van der Waals surface area contributed by atoms with E-state index in [0.717, 1.165) is 13.0 Å². The minimum Gasteiger partial charge on any atom is -0.385 e. The lowest BCUT2D eigenvalue weighted by Gasteiger charge is -2.26. The molecule has 0 saturated carbocycles. The highest BCUT2D eigenvalue weighted by Crippen LogP contribution is 2.12. The van der Waals surface area contributed by atoms with Crippen LogP contribution in [0.3, 0.4) is 0 Å². The van der Waals surface area contributed by atoms with Gasteiger partial charge in [0.2, 0.25) is 5.91 Å². The van der Waals surface area contributed by atoms with E-state index < -0.39 is 0 Å². The maximum Gasteiger partial charge on any atom is 0.254 e. The molecule has 24 heavy (non-hydrogen) atoms. The number of hydrogen-bond acceptors (Lipinski definition) is 5. The topological polar surface area (TPSA) is 79.9 Å². The Morgan fingerprint density at radius 1 is 1.21 bits per heavy atom. The molecular weight excluding hydrogens is 310 g/mol. The Labute approximate surface area is 142 Å². The van der Waals surface area contributed by atoms with Gasteiger partial charge in [0.25, 0.3) is 5.91 Å². The molecule has 2 rings (SSSR count). The molecule has 0 aliphatic carbocycles. The van der Waals surface area contributed by atoms with Crippen molar-refractivity contribution in [3.8, 4) is 0 Å². The summed E-state index contributed by atoms with van der Waals surface area (Å²) >= 11 is 0. The molecule has 0 spiro atoms. The highest BCUT2D eigenvalue weighted by Gasteiger charge is 2.18. The third-order valence-electron chi connectivity index (χ3n) is 3.70. The van der Waals surface area contributed by atoms with Crippen LogP contribution in [0.15, 0.2) is 24.3 Å². The highest BCUT2D eigenvalue weighted by atomic mass is 16.5. The van der Waals surface area contributed by atoms with E-state index in [1.165, 1.54) is 0 Å². The molecule has 1 saturated heterocycles. The van der Waals surface area contributed by atoms with Crippen molar-refractivity contribution in [2.45, 2.75) is 6.42 Å². The predicted octanol–water partition coefficient (Wildman–Crippen LogP) is 0.724. The summed E-state index contributed by atoms with van der Waals surface area (Å²) in [5, 5.41) is 5.85. The molecule has 0 bridgehead atoms. The lowest BCUT2D eigenvalue weighted by atomic mass is 10.1. The number of anilines is 1. The van der Waals surface area contributed by atoms with Crippen molar-refractivity contribution in [3.05, 3.63) is 29.8 Å². The number of amides is 2. The van der Waals surface area contributed by atoms with Crippen LogP contribution in [-0.4, -0.2) is 69.8 Å². The average Bonchev–Trinajstić information content (AvgIpc) is 2.62. The maximum atomic E-state index is 12.3. The minimum absolute atomic E-state index is 0.00372. The second kappa shape index (κ2) is 10.0. The van der Waals surface area contributed by atoms with Crippen molar-refractivity contribution < 1.29 is 19.1 Å². The second-order valence-corrected chi connectivity index (χ2v) is 5.55. The van der Waals surface area contributed by atoms with Gasteiger partial charge in [-0.2, -0.15) is 0 Å². The molecule has 7 heteroatoms. The Morgan fingerprint density at radius 2 is 1.92 bits per heavy atom. The summed E-state index contributed by atoms with van der Waals surface area (Å²) in [6, 6.07) is 6.96. The molecule has 1 aliphatic rings. The summed E-state index contributed by atoms with van der Waals surface area (Å²) in [4.78, 5) is 25.9. The Bertz CT molecular complexity index is 527. The molecule has 2 amide bonds. The summed E-state index contributed by atoms with van der Waals surface area (Å²) < 4.78 is 10.2. The first kappa shape index (κ1) is 18.4. The number of benzene rings is 1. The molecule has 7 nitrogen and oxygen atoms in total. The lowest BCUT2D eigenvalue weighted by Crippen LogP contribution is -2.40. The van der Waals surface area contributed by atoms with Crippen molar-refractivity contribution in [2.75, 3.05) is 58.4 Å². The molecule has 1 aromatic rings. The van der Waals surface area contributed by atoms with Gasteiger partial charge in [-0.1, -0.05) is 0 Å². The van der Waals surface area contributed by atoms with E-state index in [9.17, 15) is 9.59 Å².